The van der Waals surface area contributed by atoms with Gasteiger partial charge in [0.25, 0.3) is 11.8 Å². The van der Waals surface area contributed by atoms with Crippen molar-refractivity contribution in [2.24, 2.45) is 0 Å². The molecule has 2 amide bonds. The Morgan fingerprint density at radius 3 is 2.56 bits per heavy atom. The van der Waals surface area contributed by atoms with Crippen molar-refractivity contribution in [3.63, 3.8) is 0 Å². The van der Waals surface area contributed by atoms with Crippen LogP contribution in [0.3, 0.4) is 0 Å². The lowest BCUT2D eigenvalue weighted by molar-refractivity contribution is 0.0933. The van der Waals surface area contributed by atoms with Crippen LogP contribution in [0.4, 0.5) is 5.69 Å². The Bertz CT molecular complexity index is 805. The summed E-state index contributed by atoms with van der Waals surface area (Å²) in [7, 11) is 0. The quantitative estimate of drug-likeness (QED) is 0.833. The van der Waals surface area contributed by atoms with Gasteiger partial charge in [0.05, 0.1) is 10.7 Å². The molecule has 0 aliphatic heterocycles. The van der Waals surface area contributed by atoms with Crippen LogP contribution in [-0.4, -0.2) is 22.8 Å². The molecule has 1 aromatic heterocycles. The van der Waals surface area contributed by atoms with Crippen molar-refractivity contribution in [1.82, 2.24) is 10.3 Å². The average Bonchev–Trinajstić information content (AvgIpc) is 3.11. The minimum absolute atomic E-state index is 0.192. The van der Waals surface area contributed by atoms with Gasteiger partial charge in [0, 0.05) is 22.8 Å². The van der Waals surface area contributed by atoms with Crippen molar-refractivity contribution >= 4 is 40.7 Å². The number of carbonyl (C=O) groups is 2. The molecule has 0 atom stereocenters. The zero-order valence-corrected chi connectivity index (χ0v) is 14.9. The van der Waals surface area contributed by atoms with E-state index < -0.39 is 0 Å². The number of amides is 2. The summed E-state index contributed by atoms with van der Waals surface area (Å²) in [5.74, 6) is -0.649. The van der Waals surface area contributed by atoms with Crippen molar-refractivity contribution in [2.45, 2.75) is 31.7 Å². The van der Waals surface area contributed by atoms with Gasteiger partial charge in [-0.05, 0) is 43.2 Å². The summed E-state index contributed by atoms with van der Waals surface area (Å²) in [5, 5.41) is 6.49. The van der Waals surface area contributed by atoms with E-state index in [0.717, 1.165) is 25.7 Å². The van der Waals surface area contributed by atoms with E-state index in [1.54, 1.807) is 24.3 Å². The zero-order chi connectivity index (χ0) is 17.8. The molecule has 7 heteroatoms. The lowest BCUT2D eigenvalue weighted by Gasteiger charge is -2.12. The van der Waals surface area contributed by atoms with Crippen LogP contribution in [0.1, 0.15) is 46.5 Å². The molecule has 0 radical (unpaired) electrons. The number of pyridine rings is 1. The second-order valence-corrected chi connectivity index (χ2v) is 6.81. The minimum atomic E-state index is -0.388. The Labute approximate surface area is 155 Å². The molecule has 1 fully saturated rings. The van der Waals surface area contributed by atoms with E-state index in [9.17, 15) is 9.59 Å². The van der Waals surface area contributed by atoms with Crippen molar-refractivity contribution in [3.8, 4) is 0 Å². The maximum atomic E-state index is 12.4. The van der Waals surface area contributed by atoms with Gasteiger partial charge in [-0.15, -0.1) is 0 Å². The lowest BCUT2D eigenvalue weighted by Crippen LogP contribution is -2.33. The van der Waals surface area contributed by atoms with E-state index >= 15 is 0 Å². The molecule has 0 unspecified atom stereocenters. The first-order valence-corrected chi connectivity index (χ1v) is 8.82. The Hall–Kier alpha value is -2.11. The minimum Gasteiger partial charge on any atom is -0.348 e. The number of hydrogen-bond acceptors (Lipinski definition) is 3. The third-order valence-electron chi connectivity index (χ3n) is 4.12. The van der Waals surface area contributed by atoms with Crippen LogP contribution in [0, 0.1) is 0 Å². The second kappa shape index (κ2) is 7.85. The van der Waals surface area contributed by atoms with E-state index in [1.807, 2.05) is 0 Å². The summed E-state index contributed by atoms with van der Waals surface area (Å²) in [6.07, 6.45) is 5.67. The molecule has 5 nitrogen and oxygen atoms in total. The Kier molecular flexibility index (Phi) is 5.56. The van der Waals surface area contributed by atoms with E-state index in [0.29, 0.717) is 21.3 Å². The summed E-state index contributed by atoms with van der Waals surface area (Å²) < 4.78 is 0. The van der Waals surface area contributed by atoms with Crippen LogP contribution in [0.25, 0.3) is 0 Å². The van der Waals surface area contributed by atoms with Gasteiger partial charge in [0.1, 0.15) is 5.69 Å². The molecule has 130 valence electrons. The monoisotopic (exact) mass is 377 g/mol. The molecule has 2 N–H and O–H groups in total. The highest BCUT2D eigenvalue weighted by Crippen LogP contribution is 2.26. The van der Waals surface area contributed by atoms with Gasteiger partial charge >= 0.3 is 0 Å². The molecule has 1 heterocycles. The van der Waals surface area contributed by atoms with Crippen molar-refractivity contribution < 1.29 is 9.59 Å². The highest BCUT2D eigenvalue weighted by Gasteiger charge is 2.19. The molecule has 1 aliphatic rings. The number of benzene rings is 1. The molecule has 0 saturated heterocycles. The molecule has 1 saturated carbocycles. The fraction of sp³-hybridized carbons (Fsp3) is 0.278. The van der Waals surface area contributed by atoms with Crippen LogP contribution in [0.15, 0.2) is 36.5 Å². The van der Waals surface area contributed by atoms with Crippen LogP contribution in [0.2, 0.25) is 10.0 Å². The van der Waals surface area contributed by atoms with Gasteiger partial charge in [-0.3, -0.25) is 14.6 Å². The maximum Gasteiger partial charge on any atom is 0.270 e. The highest BCUT2D eigenvalue weighted by molar-refractivity contribution is 6.35. The number of anilines is 1. The van der Waals surface area contributed by atoms with Gasteiger partial charge in [-0.2, -0.15) is 0 Å². The first-order valence-electron chi connectivity index (χ1n) is 8.06. The van der Waals surface area contributed by atoms with Crippen LogP contribution in [-0.2, 0) is 0 Å². The molecule has 1 aliphatic carbocycles. The van der Waals surface area contributed by atoms with E-state index in [1.165, 1.54) is 12.3 Å². The highest BCUT2D eigenvalue weighted by atomic mass is 35.5. The molecule has 1 aromatic carbocycles. The maximum absolute atomic E-state index is 12.4. The molecule has 0 spiro atoms. The average molecular weight is 378 g/mol. The SMILES string of the molecule is O=C(Nc1cc(Cl)ccc1Cl)c1ccnc(C(=O)NC2CCCC2)c1. The summed E-state index contributed by atoms with van der Waals surface area (Å²) in [4.78, 5) is 28.8. The summed E-state index contributed by atoms with van der Waals surface area (Å²) in [6.45, 7) is 0. The molecular weight excluding hydrogens is 361 g/mol. The summed E-state index contributed by atoms with van der Waals surface area (Å²) >= 11 is 12.0. The Morgan fingerprint density at radius 2 is 1.80 bits per heavy atom. The fourth-order valence-corrected chi connectivity index (χ4v) is 3.15. The van der Waals surface area contributed by atoms with Crippen molar-refractivity contribution in [3.05, 3.63) is 57.8 Å². The summed E-state index contributed by atoms with van der Waals surface area (Å²) in [5.41, 5.74) is 0.951. The molecule has 0 bridgehead atoms. The van der Waals surface area contributed by atoms with Gasteiger partial charge in [0.2, 0.25) is 0 Å². The van der Waals surface area contributed by atoms with Gasteiger partial charge in [-0.1, -0.05) is 36.0 Å². The smallest absolute Gasteiger partial charge is 0.270 e. The van der Waals surface area contributed by atoms with Crippen LogP contribution >= 0.6 is 23.2 Å². The number of rotatable bonds is 4. The molecule has 2 aromatic rings. The third-order valence-corrected chi connectivity index (χ3v) is 4.69. The van der Waals surface area contributed by atoms with E-state index in [-0.39, 0.29) is 23.6 Å². The van der Waals surface area contributed by atoms with Crippen molar-refractivity contribution in [1.29, 1.82) is 0 Å². The van der Waals surface area contributed by atoms with Gasteiger partial charge in [-0.25, -0.2) is 0 Å². The first kappa shape index (κ1) is 17.7. The molecular formula is C18H17Cl2N3O2. The van der Waals surface area contributed by atoms with Gasteiger partial charge < -0.3 is 10.6 Å². The van der Waals surface area contributed by atoms with E-state index in [2.05, 4.69) is 15.6 Å². The molecule has 25 heavy (non-hydrogen) atoms. The number of nitrogens with one attached hydrogen (secondary N) is 2. The number of hydrogen-bond donors (Lipinski definition) is 2. The van der Waals surface area contributed by atoms with E-state index in [4.69, 9.17) is 23.2 Å². The normalized spacial score (nSPS) is 14.3. The van der Waals surface area contributed by atoms with Gasteiger partial charge in [0.15, 0.2) is 0 Å². The molecule has 3 rings (SSSR count). The first-order chi connectivity index (χ1) is 12.0. The summed E-state index contributed by atoms with van der Waals surface area (Å²) in [6, 6.07) is 8.01. The number of carbonyl (C=O) groups excluding carboxylic acids is 2. The second-order valence-electron chi connectivity index (χ2n) is 5.96. The number of halogens is 2. The predicted octanol–water partition coefficient (Wildman–Crippen LogP) is 4.31. The third kappa shape index (κ3) is 4.50. The van der Waals surface area contributed by atoms with Crippen molar-refractivity contribution in [2.75, 3.05) is 5.32 Å². The number of nitrogens with zero attached hydrogens (tertiary/aromatic N) is 1. The number of aromatic nitrogens is 1. The largest absolute Gasteiger partial charge is 0.348 e. The topological polar surface area (TPSA) is 71.1 Å². The Balaban J connectivity index is 1.72. The predicted molar refractivity (Wildman–Crippen MR) is 98.4 cm³/mol. The standard InChI is InChI=1S/C18H17Cl2N3O2/c19-12-5-6-14(20)15(10-12)23-17(24)11-7-8-21-16(9-11)18(25)22-13-3-1-2-4-13/h5-10,13H,1-4H2,(H,22,25)(H,23,24). The fourth-order valence-electron chi connectivity index (χ4n) is 2.81. The lowest BCUT2D eigenvalue weighted by atomic mass is 10.2. The Morgan fingerprint density at radius 1 is 1.04 bits per heavy atom. The van der Waals surface area contributed by atoms with Crippen LogP contribution in [0.5, 0.6) is 0 Å². The van der Waals surface area contributed by atoms with Crippen LogP contribution < -0.4 is 10.6 Å². The zero-order valence-electron chi connectivity index (χ0n) is 13.4.